The summed E-state index contributed by atoms with van der Waals surface area (Å²) < 4.78 is 5.87. The maximum absolute atomic E-state index is 5.87. The van der Waals surface area contributed by atoms with E-state index in [1.54, 1.807) is 0 Å². The van der Waals surface area contributed by atoms with Crippen LogP contribution in [-0.2, 0) is 0 Å². The van der Waals surface area contributed by atoms with Crippen LogP contribution in [0.2, 0.25) is 0 Å². The summed E-state index contributed by atoms with van der Waals surface area (Å²) in [5.74, 6) is 0.948. The zero-order valence-electron chi connectivity index (χ0n) is 14.0. The van der Waals surface area contributed by atoms with Crippen LogP contribution in [0.15, 0.2) is 60.3 Å². The maximum atomic E-state index is 5.87. The van der Waals surface area contributed by atoms with Crippen molar-refractivity contribution in [1.29, 1.82) is 0 Å². The molecule has 1 saturated heterocycles. The van der Waals surface area contributed by atoms with Crippen molar-refractivity contribution in [2.45, 2.75) is 25.3 Å². The number of hydrazine groups is 1. The highest BCUT2D eigenvalue weighted by molar-refractivity contribution is 5.56. The van der Waals surface area contributed by atoms with Crippen molar-refractivity contribution in [3.05, 3.63) is 60.3 Å². The second-order valence-corrected chi connectivity index (χ2v) is 6.59. The molecule has 1 N–H and O–H groups in total. The van der Waals surface area contributed by atoms with Crippen LogP contribution in [0.5, 0.6) is 5.75 Å². The Morgan fingerprint density at radius 1 is 1.08 bits per heavy atom. The summed E-state index contributed by atoms with van der Waals surface area (Å²) in [6.45, 7) is 4.47. The Balaban J connectivity index is 1.26. The summed E-state index contributed by atoms with van der Waals surface area (Å²) in [5, 5.41) is 2.08. The Morgan fingerprint density at radius 3 is 2.71 bits per heavy atom. The van der Waals surface area contributed by atoms with Crippen molar-refractivity contribution in [1.82, 2.24) is 10.3 Å². The van der Waals surface area contributed by atoms with Gasteiger partial charge in [0.15, 0.2) is 0 Å². The lowest BCUT2D eigenvalue weighted by Gasteiger charge is -2.19. The van der Waals surface area contributed by atoms with E-state index in [1.165, 1.54) is 31.5 Å². The van der Waals surface area contributed by atoms with Crippen LogP contribution in [0, 0.1) is 0 Å². The summed E-state index contributed by atoms with van der Waals surface area (Å²) in [6.07, 6.45) is 14.4. The van der Waals surface area contributed by atoms with Crippen molar-refractivity contribution >= 4 is 5.69 Å². The molecule has 1 fully saturated rings. The highest BCUT2D eigenvalue weighted by atomic mass is 16.5. The molecular weight excluding hydrogens is 298 g/mol. The summed E-state index contributed by atoms with van der Waals surface area (Å²) in [4.78, 5) is 2.53. The fraction of sp³-hybridized carbons (Fsp3) is 0.400. The number of fused-ring (bicyclic) bond motifs is 1. The van der Waals surface area contributed by atoms with Gasteiger partial charge in [-0.25, -0.2) is 5.43 Å². The van der Waals surface area contributed by atoms with Crippen molar-refractivity contribution in [3.8, 4) is 5.75 Å². The van der Waals surface area contributed by atoms with Crippen molar-refractivity contribution in [2.75, 3.05) is 31.3 Å². The molecule has 2 heterocycles. The molecule has 1 aliphatic carbocycles. The van der Waals surface area contributed by atoms with E-state index in [0.29, 0.717) is 0 Å². The first-order valence-corrected chi connectivity index (χ1v) is 8.96. The third-order valence-electron chi connectivity index (χ3n) is 4.82. The SMILES string of the molecule is C1=CC2=CN(c3ccc(OCCCN4CCCC4)cc3)NC2C=C1. The van der Waals surface area contributed by atoms with Crippen LogP contribution in [-0.4, -0.2) is 37.2 Å². The number of hydrogen-bond donors (Lipinski definition) is 1. The van der Waals surface area contributed by atoms with Gasteiger partial charge in [-0.1, -0.05) is 24.3 Å². The number of nitrogens with one attached hydrogen (secondary N) is 1. The van der Waals surface area contributed by atoms with Gasteiger partial charge in [0, 0.05) is 12.7 Å². The second-order valence-electron chi connectivity index (χ2n) is 6.59. The van der Waals surface area contributed by atoms with E-state index in [-0.39, 0.29) is 6.04 Å². The minimum Gasteiger partial charge on any atom is -0.494 e. The van der Waals surface area contributed by atoms with E-state index < -0.39 is 0 Å². The fourth-order valence-electron chi connectivity index (χ4n) is 3.47. The number of anilines is 1. The highest BCUT2D eigenvalue weighted by Crippen LogP contribution is 2.25. The molecule has 4 heteroatoms. The van der Waals surface area contributed by atoms with Gasteiger partial charge in [0.25, 0.3) is 0 Å². The molecule has 0 spiro atoms. The van der Waals surface area contributed by atoms with E-state index >= 15 is 0 Å². The van der Waals surface area contributed by atoms with Crippen LogP contribution in [0.25, 0.3) is 0 Å². The third-order valence-corrected chi connectivity index (χ3v) is 4.82. The third kappa shape index (κ3) is 3.55. The van der Waals surface area contributed by atoms with Crippen molar-refractivity contribution in [3.63, 3.8) is 0 Å². The van der Waals surface area contributed by atoms with E-state index in [2.05, 4.69) is 70.1 Å². The number of ether oxygens (including phenoxy) is 1. The Labute approximate surface area is 144 Å². The molecule has 1 atom stereocenters. The molecule has 126 valence electrons. The fourth-order valence-corrected chi connectivity index (χ4v) is 3.47. The summed E-state index contributed by atoms with van der Waals surface area (Å²) in [7, 11) is 0. The lowest BCUT2D eigenvalue weighted by atomic mass is 10.1. The van der Waals surface area contributed by atoms with Gasteiger partial charge in [-0.15, -0.1) is 0 Å². The molecule has 0 saturated carbocycles. The van der Waals surface area contributed by atoms with Gasteiger partial charge < -0.3 is 9.64 Å². The predicted octanol–water partition coefficient (Wildman–Crippen LogP) is 3.25. The number of allylic oxidation sites excluding steroid dienone is 2. The molecule has 1 aromatic rings. The lowest BCUT2D eigenvalue weighted by Crippen LogP contribution is -2.35. The zero-order valence-corrected chi connectivity index (χ0v) is 14.0. The monoisotopic (exact) mass is 323 g/mol. The minimum absolute atomic E-state index is 0.288. The van der Waals surface area contributed by atoms with E-state index in [1.807, 2.05) is 0 Å². The Hall–Kier alpha value is -2.04. The van der Waals surface area contributed by atoms with Crippen molar-refractivity contribution in [2.24, 2.45) is 0 Å². The number of benzene rings is 1. The first-order valence-electron chi connectivity index (χ1n) is 8.96. The quantitative estimate of drug-likeness (QED) is 0.813. The molecule has 2 aliphatic heterocycles. The molecule has 0 radical (unpaired) electrons. The van der Waals surface area contributed by atoms with Gasteiger partial charge in [-0.3, -0.25) is 5.01 Å². The van der Waals surface area contributed by atoms with Gasteiger partial charge >= 0.3 is 0 Å². The summed E-state index contributed by atoms with van der Waals surface area (Å²) in [6, 6.07) is 8.60. The molecule has 4 rings (SSSR count). The van der Waals surface area contributed by atoms with Gasteiger partial charge in [0.05, 0.1) is 18.3 Å². The van der Waals surface area contributed by atoms with Crippen LogP contribution < -0.4 is 15.2 Å². The lowest BCUT2D eigenvalue weighted by molar-refractivity contribution is 0.263. The van der Waals surface area contributed by atoms with Crippen LogP contribution in [0.1, 0.15) is 19.3 Å². The number of rotatable bonds is 6. The van der Waals surface area contributed by atoms with Gasteiger partial charge in [-0.05, 0) is 62.2 Å². The van der Waals surface area contributed by atoms with E-state index in [9.17, 15) is 0 Å². The molecule has 0 amide bonds. The average molecular weight is 323 g/mol. The number of hydrogen-bond acceptors (Lipinski definition) is 4. The molecule has 1 unspecified atom stereocenters. The molecule has 0 aromatic heterocycles. The Bertz CT molecular complexity index is 641. The normalized spacial score (nSPS) is 22.8. The topological polar surface area (TPSA) is 27.7 Å². The predicted molar refractivity (Wildman–Crippen MR) is 98.0 cm³/mol. The zero-order chi connectivity index (χ0) is 16.2. The molecular formula is C20H25N3O. The van der Waals surface area contributed by atoms with Gasteiger partial charge in [0.1, 0.15) is 5.75 Å². The average Bonchev–Trinajstić information content (AvgIpc) is 3.28. The summed E-state index contributed by atoms with van der Waals surface area (Å²) >= 11 is 0. The molecule has 4 nitrogen and oxygen atoms in total. The molecule has 3 aliphatic rings. The van der Waals surface area contributed by atoms with Crippen LogP contribution in [0.3, 0.4) is 0 Å². The second kappa shape index (κ2) is 7.24. The Morgan fingerprint density at radius 2 is 1.92 bits per heavy atom. The summed E-state index contributed by atoms with van der Waals surface area (Å²) in [5.41, 5.74) is 5.89. The van der Waals surface area contributed by atoms with Gasteiger partial charge in [-0.2, -0.15) is 0 Å². The standard InChI is InChI=1S/C20H25N3O/c1-2-7-20-17(6-1)16-23(21-20)18-8-10-19(11-9-18)24-15-5-14-22-12-3-4-13-22/h1-2,6-11,16,20-21H,3-5,12-15H2. The Kier molecular flexibility index (Phi) is 4.67. The van der Waals surface area contributed by atoms with Crippen LogP contribution >= 0.6 is 0 Å². The van der Waals surface area contributed by atoms with E-state index in [4.69, 9.17) is 4.74 Å². The number of likely N-dealkylation sites (tertiary alicyclic amines) is 1. The first kappa shape index (κ1) is 15.5. The molecule has 1 aromatic carbocycles. The smallest absolute Gasteiger partial charge is 0.119 e. The largest absolute Gasteiger partial charge is 0.494 e. The van der Waals surface area contributed by atoms with Crippen LogP contribution in [0.4, 0.5) is 5.69 Å². The van der Waals surface area contributed by atoms with E-state index in [0.717, 1.165) is 31.0 Å². The van der Waals surface area contributed by atoms with Gasteiger partial charge in [0.2, 0.25) is 0 Å². The maximum Gasteiger partial charge on any atom is 0.119 e. The molecule has 24 heavy (non-hydrogen) atoms. The first-order chi connectivity index (χ1) is 11.9. The number of nitrogens with zero attached hydrogens (tertiary/aromatic N) is 2. The highest BCUT2D eigenvalue weighted by Gasteiger charge is 2.21. The van der Waals surface area contributed by atoms with Crippen molar-refractivity contribution < 1.29 is 4.74 Å². The minimum atomic E-state index is 0.288. The molecule has 0 bridgehead atoms.